The molecular formula is C25H49NO7. The Morgan fingerprint density at radius 2 is 1.15 bits per heavy atom. The van der Waals surface area contributed by atoms with Crippen molar-refractivity contribution in [1.82, 2.24) is 5.32 Å². The number of carbonyl (C=O) groups excluding carboxylic acids is 2. The quantitative estimate of drug-likeness (QED) is 0.142. The highest BCUT2D eigenvalue weighted by Crippen LogP contribution is 2.13. The lowest BCUT2D eigenvalue weighted by molar-refractivity contribution is -0.139. The van der Waals surface area contributed by atoms with E-state index in [4.69, 9.17) is 9.84 Å². The molecule has 1 amide bonds. The second-order valence-corrected chi connectivity index (χ2v) is 8.94. The molecule has 8 heteroatoms. The second-order valence-electron chi connectivity index (χ2n) is 8.94. The maximum Gasteiger partial charge on any atom is 0.407 e. The van der Waals surface area contributed by atoms with Crippen LogP contribution in [-0.2, 0) is 9.53 Å². The fraction of sp³-hybridized carbons (Fsp3) is 0.920. The summed E-state index contributed by atoms with van der Waals surface area (Å²) in [6.07, 6.45) is 14.1. The number of amides is 1. The molecule has 0 saturated carbocycles. The van der Waals surface area contributed by atoms with Crippen molar-refractivity contribution in [3.8, 4) is 0 Å². The van der Waals surface area contributed by atoms with Gasteiger partial charge in [0.05, 0.1) is 19.8 Å². The molecule has 0 fully saturated rings. The van der Waals surface area contributed by atoms with Crippen LogP contribution in [0.2, 0.25) is 0 Å². The SMILES string of the molecule is CCCCCCCCCCCCCCCCCCOC(=O)NCC(=O)[C@@H](O)[C@H](O)[C@H](O)CO. The van der Waals surface area contributed by atoms with Gasteiger partial charge in [-0.25, -0.2) is 4.79 Å². The Bertz CT molecular complexity index is 476. The van der Waals surface area contributed by atoms with Crippen molar-refractivity contribution in [2.24, 2.45) is 0 Å². The number of hydrogen-bond donors (Lipinski definition) is 5. The van der Waals surface area contributed by atoms with Crippen molar-refractivity contribution < 1.29 is 34.8 Å². The highest BCUT2D eigenvalue weighted by atomic mass is 16.5. The normalized spacial score (nSPS) is 14.0. The summed E-state index contributed by atoms with van der Waals surface area (Å²) in [5.41, 5.74) is 0. The van der Waals surface area contributed by atoms with Crippen molar-refractivity contribution in [3.63, 3.8) is 0 Å². The molecule has 0 spiro atoms. The summed E-state index contributed by atoms with van der Waals surface area (Å²) in [6, 6.07) is 0. The van der Waals surface area contributed by atoms with Gasteiger partial charge in [0.15, 0.2) is 5.78 Å². The number of carbonyl (C=O) groups is 2. The van der Waals surface area contributed by atoms with Crippen LogP contribution in [0.25, 0.3) is 0 Å². The van der Waals surface area contributed by atoms with E-state index in [2.05, 4.69) is 12.2 Å². The molecule has 5 N–H and O–H groups in total. The molecule has 0 aliphatic rings. The predicted octanol–water partition coefficient (Wildman–Crippen LogP) is 3.62. The Morgan fingerprint density at radius 1 is 0.727 bits per heavy atom. The Hall–Kier alpha value is -1.22. The summed E-state index contributed by atoms with van der Waals surface area (Å²) in [6.45, 7) is 1.19. The summed E-state index contributed by atoms with van der Waals surface area (Å²) in [5.74, 6) is -0.880. The summed E-state index contributed by atoms with van der Waals surface area (Å²) in [4.78, 5) is 23.2. The number of ketones is 1. The van der Waals surface area contributed by atoms with Gasteiger partial charge in [-0.2, -0.15) is 0 Å². The molecule has 0 unspecified atom stereocenters. The molecule has 196 valence electrons. The van der Waals surface area contributed by atoms with Gasteiger partial charge in [-0.3, -0.25) is 4.79 Å². The highest BCUT2D eigenvalue weighted by Gasteiger charge is 2.29. The van der Waals surface area contributed by atoms with Gasteiger partial charge in [0.1, 0.15) is 18.3 Å². The maximum absolute atomic E-state index is 11.7. The first-order valence-electron chi connectivity index (χ1n) is 13.0. The average Bonchev–Trinajstić information content (AvgIpc) is 2.82. The van der Waals surface area contributed by atoms with Gasteiger partial charge in [0.2, 0.25) is 0 Å². The van der Waals surface area contributed by atoms with E-state index in [0.717, 1.165) is 19.3 Å². The average molecular weight is 476 g/mol. The van der Waals surface area contributed by atoms with Crippen LogP contribution in [0.15, 0.2) is 0 Å². The molecule has 0 aliphatic carbocycles. The molecule has 0 saturated heterocycles. The summed E-state index contributed by atoms with van der Waals surface area (Å²) in [7, 11) is 0. The van der Waals surface area contributed by atoms with Gasteiger partial charge in [-0.05, 0) is 6.42 Å². The number of hydrogen-bond acceptors (Lipinski definition) is 7. The lowest BCUT2D eigenvalue weighted by Gasteiger charge is -2.20. The molecule has 0 radical (unpaired) electrons. The van der Waals surface area contributed by atoms with Crippen LogP contribution in [0.3, 0.4) is 0 Å². The summed E-state index contributed by atoms with van der Waals surface area (Å²) in [5, 5.41) is 39.2. The lowest BCUT2D eigenvalue weighted by atomic mass is 10.0. The number of aliphatic hydroxyl groups excluding tert-OH is 4. The van der Waals surface area contributed by atoms with Crippen molar-refractivity contribution in [1.29, 1.82) is 0 Å². The molecule has 0 aromatic carbocycles. The van der Waals surface area contributed by atoms with E-state index in [1.54, 1.807) is 0 Å². The third-order valence-corrected chi connectivity index (χ3v) is 5.87. The van der Waals surface area contributed by atoms with Crippen LogP contribution in [0.1, 0.15) is 110 Å². The van der Waals surface area contributed by atoms with E-state index < -0.39 is 43.3 Å². The first-order chi connectivity index (χ1) is 15.9. The Kier molecular flexibility index (Phi) is 21.7. The van der Waals surface area contributed by atoms with Crippen LogP contribution in [0.5, 0.6) is 0 Å². The van der Waals surface area contributed by atoms with Gasteiger partial charge in [-0.15, -0.1) is 0 Å². The van der Waals surface area contributed by atoms with Gasteiger partial charge in [0, 0.05) is 0 Å². The molecule has 0 aromatic heterocycles. The van der Waals surface area contributed by atoms with Gasteiger partial charge in [-0.1, -0.05) is 103 Å². The minimum atomic E-state index is -1.90. The zero-order valence-electron chi connectivity index (χ0n) is 20.7. The molecule has 8 nitrogen and oxygen atoms in total. The molecule has 33 heavy (non-hydrogen) atoms. The lowest BCUT2D eigenvalue weighted by Crippen LogP contribution is -2.47. The predicted molar refractivity (Wildman–Crippen MR) is 129 cm³/mol. The largest absolute Gasteiger partial charge is 0.450 e. The molecule has 3 atom stereocenters. The van der Waals surface area contributed by atoms with E-state index in [1.165, 1.54) is 83.5 Å². The fourth-order valence-corrected chi connectivity index (χ4v) is 3.64. The smallest absolute Gasteiger partial charge is 0.407 e. The third-order valence-electron chi connectivity index (χ3n) is 5.87. The zero-order valence-corrected chi connectivity index (χ0v) is 20.7. The minimum Gasteiger partial charge on any atom is -0.450 e. The number of aliphatic hydroxyl groups is 4. The van der Waals surface area contributed by atoms with Crippen LogP contribution in [0, 0.1) is 0 Å². The van der Waals surface area contributed by atoms with Gasteiger partial charge >= 0.3 is 6.09 Å². The number of alkyl carbamates (subject to hydrolysis) is 1. The van der Waals surface area contributed by atoms with Gasteiger partial charge in [0.25, 0.3) is 0 Å². The number of ether oxygens (including phenoxy) is 1. The molecule has 0 aliphatic heterocycles. The highest BCUT2D eigenvalue weighted by molar-refractivity contribution is 5.87. The number of nitrogens with one attached hydrogen (secondary N) is 1. The van der Waals surface area contributed by atoms with Crippen molar-refractivity contribution >= 4 is 11.9 Å². The Morgan fingerprint density at radius 3 is 1.58 bits per heavy atom. The third kappa shape index (κ3) is 18.8. The van der Waals surface area contributed by atoms with Crippen LogP contribution >= 0.6 is 0 Å². The molecule has 0 rings (SSSR count). The van der Waals surface area contributed by atoms with E-state index in [1.807, 2.05) is 0 Å². The second kappa shape index (κ2) is 22.6. The summed E-state index contributed by atoms with van der Waals surface area (Å²) < 4.78 is 4.98. The summed E-state index contributed by atoms with van der Waals surface area (Å²) >= 11 is 0. The van der Waals surface area contributed by atoms with E-state index in [0.29, 0.717) is 0 Å². The Labute approximate surface area is 200 Å². The van der Waals surface area contributed by atoms with Crippen molar-refractivity contribution in [3.05, 3.63) is 0 Å². The molecule has 0 aromatic rings. The topological polar surface area (TPSA) is 136 Å². The molecular weight excluding hydrogens is 426 g/mol. The van der Waals surface area contributed by atoms with Crippen LogP contribution in [0.4, 0.5) is 4.79 Å². The van der Waals surface area contributed by atoms with Crippen molar-refractivity contribution in [2.75, 3.05) is 19.8 Å². The van der Waals surface area contributed by atoms with E-state index in [9.17, 15) is 24.9 Å². The number of unbranched alkanes of at least 4 members (excludes halogenated alkanes) is 15. The Balaban J connectivity index is 3.43. The maximum atomic E-state index is 11.7. The standard InChI is InChI=1S/C25H49NO7/c1-2-3-4-5-6-7-8-9-10-11-12-13-14-15-16-17-18-33-25(32)26-19-21(28)23(30)24(31)22(29)20-27/h22-24,27,29-31H,2-20H2,1H3,(H,26,32)/t22-,23-,24-/m1/s1. The number of Topliss-reactive ketones (excluding diaryl/α,β-unsaturated/α-hetero) is 1. The van der Waals surface area contributed by atoms with Gasteiger partial charge < -0.3 is 30.5 Å². The van der Waals surface area contributed by atoms with E-state index in [-0.39, 0.29) is 6.61 Å². The zero-order chi connectivity index (χ0) is 24.7. The van der Waals surface area contributed by atoms with Crippen LogP contribution in [-0.4, -0.2) is 70.4 Å². The minimum absolute atomic E-state index is 0.257. The fourth-order valence-electron chi connectivity index (χ4n) is 3.64. The molecule has 0 heterocycles. The number of rotatable bonds is 23. The van der Waals surface area contributed by atoms with E-state index >= 15 is 0 Å². The first-order valence-corrected chi connectivity index (χ1v) is 13.0. The monoisotopic (exact) mass is 475 g/mol. The van der Waals surface area contributed by atoms with Crippen LogP contribution < -0.4 is 5.32 Å². The van der Waals surface area contributed by atoms with Crippen molar-refractivity contribution in [2.45, 2.75) is 128 Å². The first kappa shape index (κ1) is 31.8. The molecule has 0 bridgehead atoms.